The molecule has 0 saturated carbocycles. The maximum absolute atomic E-state index is 11.8. The van der Waals surface area contributed by atoms with Crippen molar-refractivity contribution in [3.8, 4) is 6.07 Å². The summed E-state index contributed by atoms with van der Waals surface area (Å²) < 4.78 is 0. The fraction of sp³-hybridized carbons (Fsp3) is 0.467. The lowest BCUT2D eigenvalue weighted by molar-refractivity contribution is -0.119. The van der Waals surface area contributed by atoms with E-state index in [9.17, 15) is 4.79 Å². The van der Waals surface area contributed by atoms with Gasteiger partial charge in [-0.2, -0.15) is 5.26 Å². The second-order valence-corrected chi connectivity index (χ2v) is 4.92. The van der Waals surface area contributed by atoms with Gasteiger partial charge in [0.1, 0.15) is 0 Å². The number of nitriles is 1. The number of rotatable bonds is 4. The van der Waals surface area contributed by atoms with Crippen molar-refractivity contribution in [2.24, 2.45) is 0 Å². The van der Waals surface area contributed by atoms with Gasteiger partial charge < -0.3 is 10.2 Å². The van der Waals surface area contributed by atoms with Crippen LogP contribution in [0.4, 0.5) is 5.69 Å². The number of nitrogens with zero attached hydrogens (tertiary/aromatic N) is 2. The number of aryl methyl sites for hydroxylation is 2. The number of carbonyl (C=O) groups is 1. The fourth-order valence-electron chi connectivity index (χ4n) is 2.46. The second kappa shape index (κ2) is 6.24. The molecule has 0 aromatic heterocycles. The number of carbonyl (C=O) groups excluding carboxylic acids is 1. The Labute approximate surface area is 114 Å². The standard InChI is InChI=1S/C15H19N3O/c1-12-5-6-14-13(10-12)4-2-9-18(14)11-15(19)17-8-3-7-16/h5-6,10H,2-4,8-9,11H2,1H3,(H,17,19). The number of nitrogens with one attached hydrogen (secondary N) is 1. The molecule has 0 spiro atoms. The first-order valence-corrected chi connectivity index (χ1v) is 6.69. The van der Waals surface area contributed by atoms with Crippen LogP contribution in [-0.2, 0) is 11.2 Å². The molecule has 0 radical (unpaired) electrons. The molecule has 4 nitrogen and oxygen atoms in total. The monoisotopic (exact) mass is 257 g/mol. The molecule has 0 bridgehead atoms. The summed E-state index contributed by atoms with van der Waals surface area (Å²) in [5.74, 6) is -0.0105. The summed E-state index contributed by atoms with van der Waals surface area (Å²) in [6.07, 6.45) is 2.53. The average Bonchev–Trinajstić information content (AvgIpc) is 2.39. The summed E-state index contributed by atoms with van der Waals surface area (Å²) >= 11 is 0. The van der Waals surface area contributed by atoms with Crippen LogP contribution in [0.25, 0.3) is 0 Å². The third kappa shape index (κ3) is 3.47. The maximum Gasteiger partial charge on any atom is 0.239 e. The fourth-order valence-corrected chi connectivity index (χ4v) is 2.46. The van der Waals surface area contributed by atoms with E-state index in [0.29, 0.717) is 19.5 Å². The molecule has 1 aromatic carbocycles. The van der Waals surface area contributed by atoms with Crippen molar-refractivity contribution < 1.29 is 4.79 Å². The Morgan fingerprint density at radius 3 is 3.16 bits per heavy atom. The van der Waals surface area contributed by atoms with Crippen LogP contribution in [0.1, 0.15) is 24.0 Å². The van der Waals surface area contributed by atoms with E-state index < -0.39 is 0 Å². The Kier molecular flexibility index (Phi) is 4.40. The molecule has 0 aliphatic carbocycles. The van der Waals surface area contributed by atoms with Gasteiger partial charge in [0.25, 0.3) is 0 Å². The van der Waals surface area contributed by atoms with Crippen molar-refractivity contribution in [2.75, 3.05) is 24.5 Å². The van der Waals surface area contributed by atoms with Crippen molar-refractivity contribution >= 4 is 11.6 Å². The van der Waals surface area contributed by atoms with Crippen molar-refractivity contribution in [1.29, 1.82) is 5.26 Å². The van der Waals surface area contributed by atoms with Gasteiger partial charge in [0, 0.05) is 18.8 Å². The third-order valence-corrected chi connectivity index (χ3v) is 3.34. The lowest BCUT2D eigenvalue weighted by atomic mass is 9.99. The minimum absolute atomic E-state index is 0.0105. The van der Waals surface area contributed by atoms with Crippen molar-refractivity contribution in [1.82, 2.24) is 5.32 Å². The maximum atomic E-state index is 11.8. The number of benzene rings is 1. The summed E-state index contributed by atoms with van der Waals surface area (Å²) in [4.78, 5) is 13.9. The molecular formula is C15H19N3O. The summed E-state index contributed by atoms with van der Waals surface area (Å²) in [5, 5.41) is 11.2. The predicted molar refractivity (Wildman–Crippen MR) is 75.0 cm³/mol. The van der Waals surface area contributed by atoms with Gasteiger partial charge in [0.2, 0.25) is 5.91 Å². The van der Waals surface area contributed by atoms with Gasteiger partial charge >= 0.3 is 0 Å². The Hall–Kier alpha value is -2.02. The molecule has 1 amide bonds. The highest BCUT2D eigenvalue weighted by Crippen LogP contribution is 2.27. The zero-order valence-electron chi connectivity index (χ0n) is 11.3. The number of anilines is 1. The highest BCUT2D eigenvalue weighted by atomic mass is 16.2. The Morgan fingerprint density at radius 1 is 1.53 bits per heavy atom. The SMILES string of the molecule is Cc1ccc2c(c1)CCCN2CC(=O)NCCC#N. The van der Waals surface area contributed by atoms with Crippen LogP contribution in [-0.4, -0.2) is 25.5 Å². The van der Waals surface area contributed by atoms with E-state index in [0.717, 1.165) is 19.4 Å². The first-order valence-electron chi connectivity index (χ1n) is 6.69. The van der Waals surface area contributed by atoms with E-state index in [1.54, 1.807) is 0 Å². The predicted octanol–water partition coefficient (Wildman–Crippen LogP) is 1.78. The molecular weight excluding hydrogens is 238 g/mol. The number of fused-ring (bicyclic) bond motifs is 1. The molecule has 19 heavy (non-hydrogen) atoms. The van der Waals surface area contributed by atoms with Crippen LogP contribution < -0.4 is 10.2 Å². The van der Waals surface area contributed by atoms with Crippen LogP contribution in [0.15, 0.2) is 18.2 Å². The second-order valence-electron chi connectivity index (χ2n) is 4.92. The van der Waals surface area contributed by atoms with Crippen LogP contribution in [0.3, 0.4) is 0 Å². The zero-order valence-corrected chi connectivity index (χ0v) is 11.3. The van der Waals surface area contributed by atoms with E-state index in [1.165, 1.54) is 16.8 Å². The number of hydrogen-bond acceptors (Lipinski definition) is 3. The molecule has 0 saturated heterocycles. The summed E-state index contributed by atoms with van der Waals surface area (Å²) in [7, 11) is 0. The topological polar surface area (TPSA) is 56.1 Å². The lowest BCUT2D eigenvalue weighted by Crippen LogP contribution is -2.40. The Balaban J connectivity index is 2.00. The molecule has 1 heterocycles. The number of hydrogen-bond donors (Lipinski definition) is 1. The molecule has 100 valence electrons. The Bertz CT molecular complexity index is 505. The van der Waals surface area contributed by atoms with Crippen LogP contribution in [0, 0.1) is 18.3 Å². The van der Waals surface area contributed by atoms with Gasteiger partial charge in [-0.1, -0.05) is 17.7 Å². The molecule has 1 aliphatic rings. The van der Waals surface area contributed by atoms with Gasteiger partial charge in [0.15, 0.2) is 0 Å². The molecule has 0 unspecified atom stereocenters. The molecule has 2 rings (SSSR count). The van der Waals surface area contributed by atoms with Crippen molar-refractivity contribution in [3.63, 3.8) is 0 Å². The van der Waals surface area contributed by atoms with E-state index >= 15 is 0 Å². The average molecular weight is 257 g/mol. The molecule has 1 aromatic rings. The van der Waals surface area contributed by atoms with E-state index in [1.807, 2.05) is 6.07 Å². The van der Waals surface area contributed by atoms with Crippen LogP contribution in [0.2, 0.25) is 0 Å². The minimum atomic E-state index is -0.0105. The lowest BCUT2D eigenvalue weighted by Gasteiger charge is -2.31. The summed E-state index contributed by atoms with van der Waals surface area (Å²) in [5.41, 5.74) is 3.77. The van der Waals surface area contributed by atoms with Gasteiger partial charge in [-0.05, 0) is 31.4 Å². The smallest absolute Gasteiger partial charge is 0.239 e. The van der Waals surface area contributed by atoms with E-state index in [2.05, 4.69) is 35.3 Å². The third-order valence-electron chi connectivity index (χ3n) is 3.34. The van der Waals surface area contributed by atoms with Crippen molar-refractivity contribution in [2.45, 2.75) is 26.2 Å². The summed E-state index contributed by atoms with van der Waals surface area (Å²) in [6, 6.07) is 8.42. The Morgan fingerprint density at radius 2 is 2.37 bits per heavy atom. The normalized spacial score (nSPS) is 13.6. The molecule has 1 N–H and O–H groups in total. The first-order chi connectivity index (χ1) is 9.20. The molecule has 0 atom stereocenters. The van der Waals surface area contributed by atoms with E-state index in [4.69, 9.17) is 5.26 Å². The van der Waals surface area contributed by atoms with Gasteiger partial charge in [-0.15, -0.1) is 0 Å². The highest BCUT2D eigenvalue weighted by Gasteiger charge is 2.18. The summed E-state index contributed by atoms with van der Waals surface area (Å²) in [6.45, 7) is 3.82. The van der Waals surface area contributed by atoms with Crippen LogP contribution >= 0.6 is 0 Å². The first kappa shape index (κ1) is 13.4. The van der Waals surface area contributed by atoms with Gasteiger partial charge in [-0.3, -0.25) is 4.79 Å². The highest BCUT2D eigenvalue weighted by molar-refractivity contribution is 5.81. The quantitative estimate of drug-likeness (QED) is 0.836. The van der Waals surface area contributed by atoms with Crippen molar-refractivity contribution in [3.05, 3.63) is 29.3 Å². The largest absolute Gasteiger partial charge is 0.362 e. The van der Waals surface area contributed by atoms with Gasteiger partial charge in [-0.25, -0.2) is 0 Å². The molecule has 1 aliphatic heterocycles. The van der Waals surface area contributed by atoms with Crippen LogP contribution in [0.5, 0.6) is 0 Å². The van der Waals surface area contributed by atoms with Gasteiger partial charge in [0.05, 0.1) is 19.0 Å². The van der Waals surface area contributed by atoms with E-state index in [-0.39, 0.29) is 5.91 Å². The molecule has 0 fully saturated rings. The minimum Gasteiger partial charge on any atom is -0.362 e. The number of amides is 1. The zero-order chi connectivity index (χ0) is 13.7. The molecule has 4 heteroatoms.